The van der Waals surface area contributed by atoms with Gasteiger partial charge >= 0.3 is 11.9 Å². The van der Waals surface area contributed by atoms with Crippen LogP contribution in [-0.4, -0.2) is 85.2 Å². The number of allylic oxidation sites excluding steroid dienone is 2. The first-order valence-electron chi connectivity index (χ1n) is 11.2. The van der Waals surface area contributed by atoms with Crippen LogP contribution in [0.5, 0.6) is 0 Å². The van der Waals surface area contributed by atoms with Gasteiger partial charge in [0, 0.05) is 25.6 Å². The molecule has 0 radical (unpaired) electrons. The summed E-state index contributed by atoms with van der Waals surface area (Å²) < 4.78 is 9.94. The van der Waals surface area contributed by atoms with E-state index in [2.05, 4.69) is 15.4 Å². The first-order valence-corrected chi connectivity index (χ1v) is 11.2. The summed E-state index contributed by atoms with van der Waals surface area (Å²) in [6.45, 7) is 2.12. The molecule has 3 amide bonds. The second kappa shape index (κ2) is 12.9. The normalized spacial score (nSPS) is 25.2. The molecule has 4 atom stereocenters. The Kier molecular flexibility index (Phi) is 10.3. The fourth-order valence-corrected chi connectivity index (χ4v) is 3.65. The average Bonchev–Trinajstić information content (AvgIpc) is 3.34. The van der Waals surface area contributed by atoms with Gasteiger partial charge in [0.05, 0.1) is 19.6 Å². The lowest BCUT2D eigenvalue weighted by Crippen LogP contribution is -2.51. The van der Waals surface area contributed by atoms with Crippen molar-refractivity contribution in [3.8, 4) is 0 Å². The zero-order chi connectivity index (χ0) is 24.4. The number of nitrogens with zero attached hydrogens (tertiary/aromatic N) is 1. The summed E-state index contributed by atoms with van der Waals surface area (Å²) >= 11 is 0. The van der Waals surface area contributed by atoms with E-state index in [9.17, 15) is 29.1 Å². The van der Waals surface area contributed by atoms with Crippen LogP contribution in [0.25, 0.3) is 0 Å². The molecule has 3 unspecified atom stereocenters. The number of hydrogen-bond donors (Lipinski definition) is 3. The van der Waals surface area contributed by atoms with E-state index in [1.807, 2.05) is 0 Å². The van der Waals surface area contributed by atoms with E-state index in [1.54, 1.807) is 24.0 Å². The molecular formula is C22H33N3O8. The number of amides is 3. The van der Waals surface area contributed by atoms with Crippen molar-refractivity contribution >= 4 is 29.7 Å². The predicted molar refractivity (Wildman–Crippen MR) is 115 cm³/mol. The van der Waals surface area contributed by atoms with E-state index >= 15 is 0 Å². The molecule has 0 bridgehead atoms. The van der Waals surface area contributed by atoms with Crippen molar-refractivity contribution in [1.82, 2.24) is 15.5 Å². The number of esters is 2. The maximum absolute atomic E-state index is 12.7. The highest BCUT2D eigenvalue weighted by Crippen LogP contribution is 2.19. The van der Waals surface area contributed by atoms with Gasteiger partial charge in [-0.1, -0.05) is 12.2 Å². The van der Waals surface area contributed by atoms with Crippen LogP contribution in [0.2, 0.25) is 0 Å². The summed E-state index contributed by atoms with van der Waals surface area (Å²) in [7, 11) is 1.12. The molecule has 2 aliphatic rings. The first kappa shape index (κ1) is 26.3. The highest BCUT2D eigenvalue weighted by atomic mass is 16.5. The molecule has 11 heteroatoms. The molecule has 33 heavy (non-hydrogen) atoms. The SMILES string of the molecule is COC(=O)C1COC(=O)C(CC(=O)N2CCCC2)CC=CCC(C(=O)N[C@@H](C)CO)C(=O)N1. The minimum Gasteiger partial charge on any atom is -0.467 e. The number of rotatable bonds is 6. The molecule has 2 rings (SSSR count). The summed E-state index contributed by atoms with van der Waals surface area (Å²) in [6.07, 6.45) is 5.25. The van der Waals surface area contributed by atoms with Gasteiger partial charge in [0.15, 0.2) is 6.04 Å². The van der Waals surface area contributed by atoms with Crippen LogP contribution in [0.3, 0.4) is 0 Å². The van der Waals surface area contributed by atoms with Gasteiger partial charge in [-0.3, -0.25) is 19.2 Å². The third-order valence-electron chi connectivity index (χ3n) is 5.66. The van der Waals surface area contributed by atoms with Crippen LogP contribution in [-0.2, 0) is 33.4 Å². The number of cyclic esters (lactones) is 1. The van der Waals surface area contributed by atoms with Crippen molar-refractivity contribution in [2.45, 2.75) is 51.1 Å². The Labute approximate surface area is 192 Å². The molecule has 1 fully saturated rings. The van der Waals surface area contributed by atoms with Crippen molar-refractivity contribution in [1.29, 1.82) is 0 Å². The molecule has 2 aliphatic heterocycles. The highest BCUT2D eigenvalue weighted by molar-refractivity contribution is 6.01. The molecule has 0 aromatic heterocycles. The Morgan fingerprint density at radius 3 is 2.55 bits per heavy atom. The number of carbonyl (C=O) groups excluding carboxylic acids is 5. The number of carbonyl (C=O) groups is 5. The molecule has 0 spiro atoms. The Balaban J connectivity index is 2.20. The number of aliphatic hydroxyl groups is 1. The highest BCUT2D eigenvalue weighted by Gasteiger charge is 2.33. The van der Waals surface area contributed by atoms with Gasteiger partial charge in [-0.25, -0.2) is 4.79 Å². The quantitative estimate of drug-likeness (QED) is 0.263. The minimum absolute atomic E-state index is 0.00550. The van der Waals surface area contributed by atoms with Crippen molar-refractivity contribution in [2.24, 2.45) is 11.8 Å². The molecule has 11 nitrogen and oxygen atoms in total. The number of likely N-dealkylation sites (tertiary alicyclic amines) is 1. The Hall–Kier alpha value is -2.95. The van der Waals surface area contributed by atoms with Crippen molar-refractivity contribution < 1.29 is 38.6 Å². The van der Waals surface area contributed by atoms with Gasteiger partial charge in [-0.2, -0.15) is 0 Å². The Morgan fingerprint density at radius 2 is 1.91 bits per heavy atom. The fourth-order valence-electron chi connectivity index (χ4n) is 3.65. The average molecular weight is 468 g/mol. The minimum atomic E-state index is -1.31. The topological polar surface area (TPSA) is 151 Å². The van der Waals surface area contributed by atoms with Gasteiger partial charge in [-0.15, -0.1) is 0 Å². The lowest BCUT2D eigenvalue weighted by atomic mass is 9.97. The van der Waals surface area contributed by atoms with Gasteiger partial charge < -0.3 is 30.1 Å². The summed E-state index contributed by atoms with van der Waals surface area (Å²) in [5, 5.41) is 14.1. The number of ether oxygens (including phenoxy) is 2. The van der Waals surface area contributed by atoms with E-state index in [4.69, 9.17) is 4.74 Å². The Bertz CT molecular complexity index is 763. The van der Waals surface area contributed by atoms with Gasteiger partial charge in [0.25, 0.3) is 0 Å². The van der Waals surface area contributed by atoms with Crippen molar-refractivity contribution in [3.63, 3.8) is 0 Å². The lowest BCUT2D eigenvalue weighted by Gasteiger charge is -2.24. The van der Waals surface area contributed by atoms with E-state index in [0.717, 1.165) is 20.0 Å². The van der Waals surface area contributed by atoms with Crippen LogP contribution >= 0.6 is 0 Å². The molecular weight excluding hydrogens is 434 g/mol. The summed E-state index contributed by atoms with van der Waals surface area (Å²) in [5.41, 5.74) is 0. The third kappa shape index (κ3) is 7.85. The zero-order valence-corrected chi connectivity index (χ0v) is 19.1. The van der Waals surface area contributed by atoms with Gasteiger partial charge in [0.2, 0.25) is 17.7 Å². The van der Waals surface area contributed by atoms with Crippen molar-refractivity contribution in [2.75, 3.05) is 33.4 Å². The van der Waals surface area contributed by atoms with Crippen LogP contribution in [0.1, 0.15) is 39.0 Å². The smallest absolute Gasteiger partial charge is 0.331 e. The standard InChI is InChI=1S/C22H33N3O8/c1-14(12-26)23-19(28)16-8-4-3-7-15(11-18(27)25-9-5-6-10-25)21(30)33-13-17(22(31)32-2)24-20(16)29/h3-4,14-17,26H,5-13H2,1-2H3,(H,23,28)(H,24,29)/t14-,15?,16?,17?/m0/s1. The Morgan fingerprint density at radius 1 is 1.24 bits per heavy atom. The lowest BCUT2D eigenvalue weighted by molar-refractivity contribution is -0.157. The molecule has 0 saturated carbocycles. The van der Waals surface area contributed by atoms with Crippen molar-refractivity contribution in [3.05, 3.63) is 12.2 Å². The number of hydrogen-bond acceptors (Lipinski definition) is 8. The largest absolute Gasteiger partial charge is 0.467 e. The number of nitrogens with one attached hydrogen (secondary N) is 2. The van der Waals surface area contributed by atoms with Gasteiger partial charge in [-0.05, 0) is 32.6 Å². The maximum Gasteiger partial charge on any atom is 0.331 e. The van der Waals surface area contributed by atoms with E-state index < -0.39 is 54.3 Å². The number of aliphatic hydroxyl groups excluding tert-OH is 1. The molecule has 2 heterocycles. The molecule has 0 aliphatic carbocycles. The van der Waals surface area contributed by atoms with E-state index in [1.165, 1.54) is 0 Å². The maximum atomic E-state index is 12.7. The molecule has 0 aromatic carbocycles. The molecule has 3 N–H and O–H groups in total. The summed E-state index contributed by atoms with van der Waals surface area (Å²) in [5.74, 6) is -4.92. The second-order valence-electron chi connectivity index (χ2n) is 8.29. The van der Waals surface area contributed by atoms with Gasteiger partial charge in [0.1, 0.15) is 12.5 Å². The van der Waals surface area contributed by atoms with Crippen LogP contribution < -0.4 is 10.6 Å². The van der Waals surface area contributed by atoms with Crippen LogP contribution in [0.4, 0.5) is 0 Å². The molecule has 1 saturated heterocycles. The second-order valence-corrected chi connectivity index (χ2v) is 8.29. The molecule has 184 valence electrons. The zero-order valence-electron chi connectivity index (χ0n) is 19.1. The predicted octanol–water partition coefficient (Wildman–Crippen LogP) is -0.721. The monoisotopic (exact) mass is 467 g/mol. The van der Waals surface area contributed by atoms with E-state index in [-0.39, 0.29) is 31.8 Å². The van der Waals surface area contributed by atoms with E-state index in [0.29, 0.717) is 13.1 Å². The first-order chi connectivity index (χ1) is 15.8. The summed E-state index contributed by atoms with van der Waals surface area (Å²) in [6, 6.07) is -1.87. The number of methoxy groups -OCH3 is 1. The van der Waals surface area contributed by atoms with Crippen LogP contribution in [0.15, 0.2) is 12.2 Å². The van der Waals surface area contributed by atoms with Crippen LogP contribution in [0, 0.1) is 11.8 Å². The summed E-state index contributed by atoms with van der Waals surface area (Å²) in [4.78, 5) is 64.4. The third-order valence-corrected chi connectivity index (χ3v) is 5.66. The fraction of sp³-hybridized carbons (Fsp3) is 0.682. The molecule has 0 aromatic rings.